The number of rotatable bonds is 9. The summed E-state index contributed by atoms with van der Waals surface area (Å²) < 4.78 is 36.7. The van der Waals surface area contributed by atoms with Crippen molar-refractivity contribution in [1.29, 1.82) is 0 Å². The average molecular weight is 464 g/mol. The lowest BCUT2D eigenvalue weighted by molar-refractivity contribution is -0.157. The third-order valence-electron chi connectivity index (χ3n) is 3.22. The van der Waals surface area contributed by atoms with Crippen LogP contribution in [0.3, 0.4) is 0 Å². The fourth-order valence-electron chi connectivity index (χ4n) is 1.95. The number of hydrogen-bond acceptors (Lipinski definition) is 2. The molecule has 0 aliphatic rings. The Bertz CT molecular complexity index is 403. The van der Waals surface area contributed by atoms with Crippen LogP contribution in [0.25, 0.3) is 0 Å². The van der Waals surface area contributed by atoms with Crippen LogP contribution in [0.1, 0.15) is 25.7 Å². The Hall–Kier alpha value is -1.00. The lowest BCUT2D eigenvalue weighted by atomic mass is 10.2. The molecule has 5 nitrogen and oxygen atoms in total. The third kappa shape index (κ3) is 12.4. The quantitative estimate of drug-likeness (QED) is 0.188. The molecule has 0 saturated carbocycles. The molecule has 0 saturated heterocycles. The number of halogens is 4. The Balaban J connectivity index is 0. The highest BCUT2D eigenvalue weighted by atomic mass is 127. The molecule has 142 valence electrons. The van der Waals surface area contributed by atoms with Gasteiger partial charge in [-0.25, -0.2) is 0 Å². The van der Waals surface area contributed by atoms with Gasteiger partial charge in [0, 0.05) is 27.7 Å². The molecule has 0 fully saturated rings. The van der Waals surface area contributed by atoms with Crippen molar-refractivity contribution in [2.45, 2.75) is 31.9 Å². The number of nitrogens with one attached hydrogen (secondary N) is 1. The van der Waals surface area contributed by atoms with Crippen LogP contribution in [-0.2, 0) is 4.79 Å². The molecule has 1 amide bonds. The maximum atomic E-state index is 12.2. The largest absolute Gasteiger partial charge is 0.406 e. The zero-order chi connectivity index (χ0) is 17.9. The summed E-state index contributed by atoms with van der Waals surface area (Å²) in [6.45, 7) is 2.94. The summed E-state index contributed by atoms with van der Waals surface area (Å²) >= 11 is 0. The molecule has 9 heteroatoms. The van der Waals surface area contributed by atoms with Crippen molar-refractivity contribution in [2.75, 3.05) is 40.8 Å². The Morgan fingerprint density at radius 1 is 1.21 bits per heavy atom. The number of allylic oxidation sites excluding steroid dienone is 1. The number of aliphatic imine (C=N–C) groups is 1. The number of hydrogen-bond donors (Lipinski definition) is 1. The fourth-order valence-corrected chi connectivity index (χ4v) is 1.95. The van der Waals surface area contributed by atoms with Crippen molar-refractivity contribution in [3.8, 4) is 0 Å². The molecule has 0 bridgehead atoms. The molecule has 0 aromatic carbocycles. The standard InChI is InChI=1S/C15H27F3N4O.HI/c1-5-6-7-8-9-10-21(3)14(19-2)20-11-13(23)22(4)12-15(16,17)18;/h5H,1,6-12H2,2-4H3,(H,19,20);1H. The third-order valence-corrected chi connectivity index (χ3v) is 3.22. The lowest BCUT2D eigenvalue weighted by Gasteiger charge is -2.24. The Kier molecular flexibility index (Phi) is 14.0. The van der Waals surface area contributed by atoms with E-state index in [1.807, 2.05) is 18.0 Å². The van der Waals surface area contributed by atoms with E-state index in [2.05, 4.69) is 16.9 Å². The maximum Gasteiger partial charge on any atom is 0.406 e. The van der Waals surface area contributed by atoms with E-state index in [1.54, 1.807) is 7.05 Å². The van der Waals surface area contributed by atoms with Crippen LogP contribution in [-0.4, -0.2) is 68.6 Å². The van der Waals surface area contributed by atoms with E-state index in [1.165, 1.54) is 0 Å². The van der Waals surface area contributed by atoms with E-state index in [0.29, 0.717) is 10.9 Å². The van der Waals surface area contributed by atoms with Crippen molar-refractivity contribution in [3.05, 3.63) is 12.7 Å². The summed E-state index contributed by atoms with van der Waals surface area (Å²) in [5, 5.41) is 2.79. The second kappa shape index (κ2) is 13.3. The maximum absolute atomic E-state index is 12.2. The van der Waals surface area contributed by atoms with Crippen LogP contribution in [0.4, 0.5) is 13.2 Å². The van der Waals surface area contributed by atoms with Gasteiger partial charge < -0.3 is 15.1 Å². The number of amides is 1. The van der Waals surface area contributed by atoms with Crippen LogP contribution < -0.4 is 5.32 Å². The number of guanidine groups is 1. The van der Waals surface area contributed by atoms with Crippen LogP contribution in [0.5, 0.6) is 0 Å². The van der Waals surface area contributed by atoms with Gasteiger partial charge in [-0.3, -0.25) is 9.79 Å². The number of nitrogens with zero attached hydrogens (tertiary/aromatic N) is 3. The average Bonchev–Trinajstić information content (AvgIpc) is 2.45. The topological polar surface area (TPSA) is 47.9 Å². The molecule has 1 N–H and O–H groups in total. The Morgan fingerprint density at radius 2 is 1.83 bits per heavy atom. The second-order valence-corrected chi connectivity index (χ2v) is 5.33. The van der Waals surface area contributed by atoms with Crippen LogP contribution in [0, 0.1) is 0 Å². The van der Waals surface area contributed by atoms with Crippen molar-refractivity contribution in [1.82, 2.24) is 15.1 Å². The van der Waals surface area contributed by atoms with E-state index >= 15 is 0 Å². The number of unbranched alkanes of at least 4 members (excludes halogenated alkanes) is 3. The van der Waals surface area contributed by atoms with Crippen LogP contribution in [0.15, 0.2) is 17.6 Å². The van der Waals surface area contributed by atoms with Gasteiger partial charge in [0.2, 0.25) is 5.91 Å². The van der Waals surface area contributed by atoms with Gasteiger partial charge in [0.15, 0.2) is 5.96 Å². The zero-order valence-electron chi connectivity index (χ0n) is 14.5. The SMILES string of the molecule is C=CCCCCCN(C)C(=NC)NCC(=O)N(C)CC(F)(F)F.I. The van der Waals surface area contributed by atoms with Crippen LogP contribution >= 0.6 is 24.0 Å². The minimum atomic E-state index is -4.39. The van der Waals surface area contributed by atoms with Gasteiger partial charge in [-0.1, -0.05) is 12.5 Å². The van der Waals surface area contributed by atoms with Gasteiger partial charge in [-0.15, -0.1) is 30.6 Å². The molecule has 0 radical (unpaired) electrons. The lowest BCUT2D eigenvalue weighted by Crippen LogP contribution is -2.46. The number of alkyl halides is 3. The fraction of sp³-hybridized carbons (Fsp3) is 0.733. The van der Waals surface area contributed by atoms with Crippen molar-refractivity contribution in [2.24, 2.45) is 4.99 Å². The summed E-state index contributed by atoms with van der Waals surface area (Å²) in [6, 6.07) is 0. The minimum Gasteiger partial charge on any atom is -0.347 e. The Labute approximate surface area is 159 Å². The van der Waals surface area contributed by atoms with Gasteiger partial charge in [0.05, 0.1) is 6.54 Å². The van der Waals surface area contributed by atoms with E-state index in [-0.39, 0.29) is 30.5 Å². The molecule has 0 unspecified atom stereocenters. The van der Waals surface area contributed by atoms with Crippen molar-refractivity contribution >= 4 is 35.8 Å². The molecule has 0 aromatic heterocycles. The molecular weight excluding hydrogens is 436 g/mol. The normalized spacial score (nSPS) is 11.5. The van der Waals surface area contributed by atoms with Gasteiger partial charge in [0.1, 0.15) is 6.54 Å². The highest BCUT2D eigenvalue weighted by Crippen LogP contribution is 2.15. The highest BCUT2D eigenvalue weighted by Gasteiger charge is 2.31. The van der Waals surface area contributed by atoms with E-state index in [0.717, 1.165) is 39.3 Å². The predicted molar refractivity (Wildman–Crippen MR) is 102 cm³/mol. The number of carbonyl (C=O) groups excluding carboxylic acids is 1. The van der Waals surface area contributed by atoms with Crippen LogP contribution in [0.2, 0.25) is 0 Å². The second-order valence-electron chi connectivity index (χ2n) is 5.33. The number of likely N-dealkylation sites (N-methyl/N-ethyl adjacent to an activating group) is 1. The first-order valence-corrected chi connectivity index (χ1v) is 7.54. The smallest absolute Gasteiger partial charge is 0.347 e. The molecule has 0 rings (SSSR count). The minimum absolute atomic E-state index is 0. The molecular formula is C15H28F3IN4O. The summed E-state index contributed by atoms with van der Waals surface area (Å²) in [5.74, 6) is -0.148. The first kappa shape index (κ1) is 25.2. The van der Waals surface area contributed by atoms with Gasteiger partial charge in [-0.05, 0) is 19.3 Å². The Morgan fingerprint density at radius 3 is 2.33 bits per heavy atom. The van der Waals surface area contributed by atoms with Gasteiger partial charge >= 0.3 is 6.18 Å². The first-order chi connectivity index (χ1) is 10.7. The monoisotopic (exact) mass is 464 g/mol. The molecule has 0 aliphatic heterocycles. The molecule has 0 heterocycles. The van der Waals surface area contributed by atoms with Crippen molar-refractivity contribution in [3.63, 3.8) is 0 Å². The molecule has 24 heavy (non-hydrogen) atoms. The summed E-state index contributed by atoms with van der Waals surface area (Å²) in [4.78, 5) is 18.2. The first-order valence-electron chi connectivity index (χ1n) is 7.54. The van der Waals surface area contributed by atoms with Crippen molar-refractivity contribution < 1.29 is 18.0 Å². The van der Waals surface area contributed by atoms with E-state index < -0.39 is 18.6 Å². The summed E-state index contributed by atoms with van der Waals surface area (Å²) in [7, 11) is 4.52. The zero-order valence-corrected chi connectivity index (χ0v) is 16.9. The highest BCUT2D eigenvalue weighted by molar-refractivity contribution is 14.0. The van der Waals surface area contributed by atoms with Gasteiger partial charge in [0.25, 0.3) is 0 Å². The predicted octanol–water partition coefficient (Wildman–Crippen LogP) is 2.88. The molecule has 0 aliphatic carbocycles. The summed E-state index contributed by atoms with van der Waals surface area (Å²) in [6.07, 6.45) is 1.57. The van der Waals surface area contributed by atoms with E-state index in [4.69, 9.17) is 0 Å². The van der Waals surface area contributed by atoms with Gasteiger partial charge in [-0.2, -0.15) is 13.2 Å². The summed E-state index contributed by atoms with van der Waals surface area (Å²) in [5.41, 5.74) is 0. The molecule has 0 atom stereocenters. The molecule has 0 spiro atoms. The number of carbonyl (C=O) groups is 1. The molecule has 0 aromatic rings. The van der Waals surface area contributed by atoms with E-state index in [9.17, 15) is 18.0 Å².